The fraction of sp³-hybridized carbons (Fsp3) is 0.300. The number of hydrogen-bond acceptors (Lipinski definition) is 3. The summed E-state index contributed by atoms with van der Waals surface area (Å²) in [5, 5.41) is 6.00. The predicted octanol–water partition coefficient (Wildman–Crippen LogP) is 4.50. The molecule has 0 aliphatic carbocycles. The maximum Gasteiger partial charge on any atom is 0.240 e. The molecular weight excluding hydrogens is 330 g/mol. The van der Waals surface area contributed by atoms with Crippen molar-refractivity contribution in [3.63, 3.8) is 0 Å². The van der Waals surface area contributed by atoms with Crippen molar-refractivity contribution >= 4 is 17.2 Å². The Morgan fingerprint density at radius 2 is 2.04 bits per heavy atom. The van der Waals surface area contributed by atoms with E-state index in [0.29, 0.717) is 6.54 Å². The van der Waals surface area contributed by atoms with Crippen molar-refractivity contribution in [3.05, 3.63) is 53.5 Å². The summed E-state index contributed by atoms with van der Waals surface area (Å²) < 4.78 is 1.95. The molecule has 0 aliphatic rings. The molecule has 5 heteroatoms. The number of carbonyl (C=O) groups excluding carboxylic acids is 1. The lowest BCUT2D eigenvalue weighted by molar-refractivity contribution is -0.122. The van der Waals surface area contributed by atoms with Gasteiger partial charge in [-0.25, -0.2) is 4.98 Å². The van der Waals surface area contributed by atoms with Crippen molar-refractivity contribution in [2.75, 3.05) is 0 Å². The van der Waals surface area contributed by atoms with Crippen LogP contribution in [-0.2, 0) is 11.3 Å². The molecule has 0 fully saturated rings. The Bertz CT molecular complexity index is 848. The van der Waals surface area contributed by atoms with Crippen LogP contribution in [0.2, 0.25) is 0 Å². The van der Waals surface area contributed by atoms with Gasteiger partial charge in [0.2, 0.25) is 5.91 Å². The van der Waals surface area contributed by atoms with Gasteiger partial charge in [0.25, 0.3) is 0 Å². The van der Waals surface area contributed by atoms with E-state index in [0.717, 1.165) is 28.4 Å². The van der Waals surface area contributed by atoms with E-state index in [9.17, 15) is 4.79 Å². The smallest absolute Gasteiger partial charge is 0.240 e. The summed E-state index contributed by atoms with van der Waals surface area (Å²) in [7, 11) is 0. The number of amides is 1. The summed E-state index contributed by atoms with van der Waals surface area (Å²) >= 11 is 1.60. The number of nitrogens with zero attached hydrogens (tertiary/aromatic N) is 2. The third-order valence-electron chi connectivity index (χ3n) is 4.23. The van der Waals surface area contributed by atoms with Gasteiger partial charge in [-0.2, -0.15) is 0 Å². The molecule has 1 atom stereocenters. The van der Waals surface area contributed by atoms with Crippen molar-refractivity contribution in [2.45, 2.75) is 39.8 Å². The van der Waals surface area contributed by atoms with E-state index in [-0.39, 0.29) is 11.9 Å². The van der Waals surface area contributed by atoms with Crippen molar-refractivity contribution in [1.82, 2.24) is 14.9 Å². The molecule has 0 saturated carbocycles. The van der Waals surface area contributed by atoms with Crippen LogP contribution in [-0.4, -0.2) is 21.5 Å². The van der Waals surface area contributed by atoms with Gasteiger partial charge >= 0.3 is 0 Å². The van der Waals surface area contributed by atoms with E-state index >= 15 is 0 Å². The highest BCUT2D eigenvalue weighted by atomic mass is 32.1. The number of nitrogens with one attached hydrogen (secondary N) is 1. The predicted molar refractivity (Wildman–Crippen MR) is 104 cm³/mol. The number of thiazole rings is 1. The zero-order chi connectivity index (χ0) is 17.8. The lowest BCUT2D eigenvalue weighted by Crippen LogP contribution is -2.34. The molecule has 0 bridgehead atoms. The van der Waals surface area contributed by atoms with Gasteiger partial charge in [-0.15, -0.1) is 11.3 Å². The third kappa shape index (κ3) is 4.17. The molecule has 130 valence electrons. The summed E-state index contributed by atoms with van der Waals surface area (Å²) in [6, 6.07) is 12.5. The molecule has 0 radical (unpaired) electrons. The second-order valence-electron chi connectivity index (χ2n) is 6.30. The summed E-state index contributed by atoms with van der Waals surface area (Å²) in [5.41, 5.74) is 4.29. The van der Waals surface area contributed by atoms with E-state index in [4.69, 9.17) is 4.98 Å². The quantitative estimate of drug-likeness (QED) is 0.709. The minimum atomic E-state index is 0.0297. The fourth-order valence-corrected chi connectivity index (χ4v) is 3.44. The van der Waals surface area contributed by atoms with Gasteiger partial charge in [-0.3, -0.25) is 4.79 Å². The van der Waals surface area contributed by atoms with Crippen LogP contribution in [0.15, 0.2) is 48.0 Å². The molecule has 25 heavy (non-hydrogen) atoms. The zero-order valence-corrected chi connectivity index (χ0v) is 15.6. The van der Waals surface area contributed by atoms with Crippen LogP contribution in [0.5, 0.6) is 0 Å². The first-order chi connectivity index (χ1) is 12.1. The Morgan fingerprint density at radius 3 is 2.76 bits per heavy atom. The lowest BCUT2D eigenvalue weighted by atomic mass is 10.1. The third-order valence-corrected chi connectivity index (χ3v) is 5.10. The SMILES string of the molecule is CCC(C)NC(=O)Cn1cccc1-c1nc(-c2ccc(C)cc2)cs1. The Morgan fingerprint density at radius 1 is 1.28 bits per heavy atom. The van der Waals surface area contributed by atoms with Gasteiger partial charge in [0.05, 0.1) is 11.4 Å². The summed E-state index contributed by atoms with van der Waals surface area (Å²) in [6.45, 7) is 6.47. The molecule has 1 unspecified atom stereocenters. The molecule has 2 aromatic heterocycles. The largest absolute Gasteiger partial charge is 0.352 e. The molecule has 0 aliphatic heterocycles. The molecule has 0 saturated heterocycles. The van der Waals surface area contributed by atoms with E-state index in [1.54, 1.807) is 11.3 Å². The van der Waals surface area contributed by atoms with E-state index < -0.39 is 0 Å². The maximum atomic E-state index is 12.2. The van der Waals surface area contributed by atoms with Crippen molar-refractivity contribution in [1.29, 1.82) is 0 Å². The molecule has 0 spiro atoms. The standard InChI is InChI=1S/C20H23N3OS/c1-4-15(3)21-19(24)12-23-11-5-6-18(23)20-22-17(13-25-20)16-9-7-14(2)8-10-16/h5-11,13,15H,4,12H2,1-3H3,(H,21,24). The Balaban J connectivity index is 1.78. The van der Waals surface area contributed by atoms with Crippen LogP contribution in [0.3, 0.4) is 0 Å². The van der Waals surface area contributed by atoms with Crippen molar-refractivity contribution in [2.24, 2.45) is 0 Å². The van der Waals surface area contributed by atoms with Gasteiger partial charge in [0, 0.05) is 23.2 Å². The molecule has 3 aromatic rings. The minimum absolute atomic E-state index is 0.0297. The number of aryl methyl sites for hydroxylation is 1. The highest BCUT2D eigenvalue weighted by Crippen LogP contribution is 2.29. The van der Waals surface area contributed by atoms with Crippen molar-refractivity contribution < 1.29 is 4.79 Å². The summed E-state index contributed by atoms with van der Waals surface area (Å²) in [5.74, 6) is 0.0297. The van der Waals surface area contributed by atoms with Gasteiger partial charge in [-0.05, 0) is 32.4 Å². The number of rotatable bonds is 6. The van der Waals surface area contributed by atoms with E-state index in [1.165, 1.54) is 5.56 Å². The Labute approximate surface area is 152 Å². The van der Waals surface area contributed by atoms with Gasteiger partial charge < -0.3 is 9.88 Å². The molecule has 4 nitrogen and oxygen atoms in total. The number of benzene rings is 1. The van der Waals surface area contributed by atoms with E-state index in [2.05, 4.69) is 48.8 Å². The molecule has 3 rings (SSSR count). The van der Waals surface area contributed by atoms with Crippen molar-refractivity contribution in [3.8, 4) is 22.0 Å². The second kappa shape index (κ2) is 7.66. The van der Waals surface area contributed by atoms with Crippen LogP contribution in [0, 0.1) is 6.92 Å². The van der Waals surface area contributed by atoms with E-state index in [1.807, 2.05) is 29.8 Å². The first kappa shape index (κ1) is 17.4. The average Bonchev–Trinajstić information content (AvgIpc) is 3.24. The molecule has 1 amide bonds. The first-order valence-corrected chi connectivity index (χ1v) is 9.42. The average molecular weight is 353 g/mol. The van der Waals surface area contributed by atoms with Crippen LogP contribution in [0.25, 0.3) is 22.0 Å². The Kier molecular flexibility index (Phi) is 5.34. The topological polar surface area (TPSA) is 46.9 Å². The first-order valence-electron chi connectivity index (χ1n) is 8.54. The molecule has 2 heterocycles. The second-order valence-corrected chi connectivity index (χ2v) is 7.16. The zero-order valence-electron chi connectivity index (χ0n) is 14.8. The highest BCUT2D eigenvalue weighted by Gasteiger charge is 2.13. The highest BCUT2D eigenvalue weighted by molar-refractivity contribution is 7.13. The van der Waals surface area contributed by atoms with Crippen LogP contribution in [0.4, 0.5) is 0 Å². The molecule has 1 N–H and O–H groups in total. The van der Waals surface area contributed by atoms with Crippen LogP contribution in [0.1, 0.15) is 25.8 Å². The Hall–Kier alpha value is -2.40. The number of carbonyl (C=O) groups is 1. The fourth-order valence-electron chi connectivity index (χ4n) is 2.57. The van der Waals surface area contributed by atoms with Gasteiger partial charge in [-0.1, -0.05) is 36.8 Å². The monoisotopic (exact) mass is 353 g/mol. The summed E-state index contributed by atoms with van der Waals surface area (Å²) in [4.78, 5) is 16.9. The van der Waals surface area contributed by atoms with Gasteiger partial charge in [0.15, 0.2) is 0 Å². The normalized spacial score (nSPS) is 12.1. The summed E-state index contributed by atoms with van der Waals surface area (Å²) in [6.07, 6.45) is 2.86. The van der Waals surface area contributed by atoms with Crippen LogP contribution >= 0.6 is 11.3 Å². The maximum absolute atomic E-state index is 12.2. The minimum Gasteiger partial charge on any atom is -0.352 e. The molecular formula is C20H23N3OS. The van der Waals surface area contributed by atoms with Crippen LogP contribution < -0.4 is 5.32 Å². The molecule has 1 aromatic carbocycles. The van der Waals surface area contributed by atoms with Gasteiger partial charge in [0.1, 0.15) is 11.6 Å². The lowest BCUT2D eigenvalue weighted by Gasteiger charge is -2.13. The number of aromatic nitrogens is 2. The number of hydrogen-bond donors (Lipinski definition) is 1.